The maximum atomic E-state index is 13.2. The first kappa shape index (κ1) is 26.3. The van der Waals surface area contributed by atoms with Crippen molar-refractivity contribution in [2.45, 2.75) is 59.5 Å². The van der Waals surface area contributed by atoms with Crippen molar-refractivity contribution in [1.29, 1.82) is 0 Å². The molecular formula is C30H35NO6. The second kappa shape index (κ2) is 11.1. The molecule has 37 heavy (non-hydrogen) atoms. The largest absolute Gasteiger partial charge is 0.493 e. The Hall–Kier alpha value is -3.74. The number of dihydropyridines is 1. The third-order valence-electron chi connectivity index (χ3n) is 7.06. The predicted molar refractivity (Wildman–Crippen MR) is 141 cm³/mol. The summed E-state index contributed by atoms with van der Waals surface area (Å²) in [5, 5.41) is 3.34. The topological polar surface area (TPSA) is 83.1 Å². The number of aryl methyl sites for hydroxylation is 2. The van der Waals surface area contributed by atoms with Crippen LogP contribution in [-0.4, -0.2) is 32.6 Å². The zero-order valence-corrected chi connectivity index (χ0v) is 22.4. The number of methoxy groups -OCH3 is 2. The molecule has 0 spiro atoms. The smallest absolute Gasteiger partial charge is 0.336 e. The van der Waals surface area contributed by atoms with Gasteiger partial charge in [0.25, 0.3) is 0 Å². The second-order valence-electron chi connectivity index (χ2n) is 9.40. The Balaban J connectivity index is 1.80. The number of hydrogen-bond donors (Lipinski definition) is 1. The summed E-state index contributed by atoms with van der Waals surface area (Å²) in [7, 11) is 3.18. The highest BCUT2D eigenvalue weighted by Crippen LogP contribution is 2.44. The van der Waals surface area contributed by atoms with Crippen LogP contribution in [0.5, 0.6) is 17.2 Å². The lowest BCUT2D eigenvalue weighted by Crippen LogP contribution is -2.34. The molecule has 2 aromatic carbocycles. The number of allylic oxidation sites excluding steroid dienone is 3. The molecule has 1 N–H and O–H groups in total. The Morgan fingerprint density at radius 1 is 1.03 bits per heavy atom. The van der Waals surface area contributed by atoms with Crippen molar-refractivity contribution in [2.24, 2.45) is 0 Å². The Kier molecular flexibility index (Phi) is 7.91. The van der Waals surface area contributed by atoms with Crippen molar-refractivity contribution in [1.82, 2.24) is 5.32 Å². The van der Waals surface area contributed by atoms with E-state index in [-0.39, 0.29) is 19.0 Å². The zero-order chi connectivity index (χ0) is 26.7. The first-order valence-electron chi connectivity index (χ1n) is 12.7. The predicted octanol–water partition coefficient (Wildman–Crippen LogP) is 5.43. The summed E-state index contributed by atoms with van der Waals surface area (Å²) in [6, 6.07) is 9.63. The molecule has 196 valence electrons. The maximum absolute atomic E-state index is 13.2. The monoisotopic (exact) mass is 505 g/mol. The van der Waals surface area contributed by atoms with Gasteiger partial charge in [0.1, 0.15) is 6.61 Å². The molecule has 0 amide bonds. The second-order valence-corrected chi connectivity index (χ2v) is 9.40. The van der Waals surface area contributed by atoms with Crippen LogP contribution in [0, 0.1) is 13.8 Å². The maximum Gasteiger partial charge on any atom is 0.336 e. The van der Waals surface area contributed by atoms with Crippen LogP contribution in [0.2, 0.25) is 0 Å². The van der Waals surface area contributed by atoms with Gasteiger partial charge in [0.2, 0.25) is 5.75 Å². The fourth-order valence-corrected chi connectivity index (χ4v) is 5.27. The van der Waals surface area contributed by atoms with Crippen LogP contribution < -0.4 is 19.5 Å². The van der Waals surface area contributed by atoms with Crippen molar-refractivity contribution in [2.75, 3.05) is 20.8 Å². The standard InChI is InChI=1S/C30H35NO6/c1-7-36-30(33)26-19(4)31-22-10-8-11-23(32)28(22)27(26)21-15-20(17(2)14-18(21)3)16-37-29-24(34-5)12-9-13-25(29)35-6/h9,12-15,27,31H,7-8,10-11,16H2,1-6H3/t27-/m0/s1. The SMILES string of the molecule is CCOC(=O)C1=C(C)NC2=C(C(=O)CCC2)[C@H]1c1cc(COc2c(OC)cccc2OC)c(C)cc1C. The minimum atomic E-state index is -0.497. The van der Waals surface area contributed by atoms with Crippen LogP contribution in [0.25, 0.3) is 0 Å². The minimum absolute atomic E-state index is 0.0737. The fraction of sp³-hybridized carbons (Fsp3) is 0.400. The molecule has 0 unspecified atom stereocenters. The van der Waals surface area contributed by atoms with Crippen molar-refractivity contribution in [3.05, 3.63) is 75.1 Å². The number of nitrogens with one attached hydrogen (secondary N) is 1. The average Bonchev–Trinajstić information content (AvgIpc) is 2.87. The molecule has 0 radical (unpaired) electrons. The van der Waals surface area contributed by atoms with Crippen LogP contribution in [0.4, 0.5) is 0 Å². The lowest BCUT2D eigenvalue weighted by molar-refractivity contribution is -0.138. The number of rotatable bonds is 8. The van der Waals surface area contributed by atoms with Crippen LogP contribution >= 0.6 is 0 Å². The summed E-state index contributed by atoms with van der Waals surface area (Å²) >= 11 is 0. The molecule has 4 rings (SSSR count). The Morgan fingerprint density at radius 2 is 1.73 bits per heavy atom. The van der Waals surface area contributed by atoms with Gasteiger partial charge >= 0.3 is 5.97 Å². The summed E-state index contributed by atoms with van der Waals surface area (Å²) in [5.74, 6) is 0.847. The van der Waals surface area contributed by atoms with Gasteiger partial charge in [0.05, 0.1) is 26.4 Å². The highest BCUT2D eigenvalue weighted by atomic mass is 16.5. The van der Waals surface area contributed by atoms with Crippen LogP contribution in [-0.2, 0) is 20.9 Å². The normalized spacial score (nSPS) is 17.2. The van der Waals surface area contributed by atoms with Gasteiger partial charge in [-0.2, -0.15) is 0 Å². The lowest BCUT2D eigenvalue weighted by Gasteiger charge is -2.35. The van der Waals surface area contributed by atoms with E-state index in [1.807, 2.05) is 39.0 Å². The molecule has 0 aromatic heterocycles. The number of esters is 1. The quantitative estimate of drug-likeness (QED) is 0.479. The van der Waals surface area contributed by atoms with E-state index >= 15 is 0 Å². The van der Waals surface area contributed by atoms with Crippen molar-refractivity contribution in [3.63, 3.8) is 0 Å². The number of para-hydroxylation sites is 1. The first-order valence-corrected chi connectivity index (χ1v) is 12.7. The van der Waals surface area contributed by atoms with Crippen molar-refractivity contribution < 1.29 is 28.5 Å². The summed E-state index contributed by atoms with van der Waals surface area (Å²) in [5.41, 5.74) is 6.69. The van der Waals surface area contributed by atoms with Gasteiger partial charge in [-0.25, -0.2) is 4.79 Å². The number of carbonyl (C=O) groups is 2. The van der Waals surface area contributed by atoms with Crippen LogP contribution in [0.1, 0.15) is 61.3 Å². The number of benzene rings is 2. The van der Waals surface area contributed by atoms with E-state index in [1.54, 1.807) is 21.1 Å². The average molecular weight is 506 g/mol. The van der Waals surface area contributed by atoms with E-state index in [2.05, 4.69) is 17.4 Å². The van der Waals surface area contributed by atoms with Gasteiger partial charge in [-0.3, -0.25) is 4.79 Å². The van der Waals surface area contributed by atoms with Crippen molar-refractivity contribution in [3.8, 4) is 17.2 Å². The van der Waals surface area contributed by atoms with E-state index < -0.39 is 11.9 Å². The molecule has 0 saturated carbocycles. The molecule has 1 heterocycles. The summed E-state index contributed by atoms with van der Waals surface area (Å²) in [6.07, 6.45) is 2.05. The van der Waals surface area contributed by atoms with E-state index in [0.717, 1.165) is 46.5 Å². The molecule has 7 heteroatoms. The van der Waals surface area contributed by atoms with E-state index in [0.29, 0.717) is 34.8 Å². The molecule has 7 nitrogen and oxygen atoms in total. The fourth-order valence-electron chi connectivity index (χ4n) is 5.27. The van der Waals surface area contributed by atoms with Gasteiger partial charge in [0, 0.05) is 29.3 Å². The number of ketones is 1. The highest BCUT2D eigenvalue weighted by molar-refractivity contribution is 6.03. The minimum Gasteiger partial charge on any atom is -0.493 e. The summed E-state index contributed by atoms with van der Waals surface area (Å²) < 4.78 is 22.6. The molecule has 1 aliphatic carbocycles. The van der Waals surface area contributed by atoms with Gasteiger partial charge in [0.15, 0.2) is 17.3 Å². The number of hydrogen-bond acceptors (Lipinski definition) is 7. The van der Waals surface area contributed by atoms with Gasteiger partial charge in [-0.15, -0.1) is 0 Å². The Labute approximate surface area is 218 Å². The Morgan fingerprint density at radius 3 is 2.38 bits per heavy atom. The first-order chi connectivity index (χ1) is 17.8. The molecule has 2 aromatic rings. The third kappa shape index (κ3) is 5.08. The molecule has 1 atom stereocenters. The van der Waals surface area contributed by atoms with Crippen LogP contribution in [0.15, 0.2) is 52.9 Å². The van der Waals surface area contributed by atoms with E-state index in [1.165, 1.54) is 0 Å². The van der Waals surface area contributed by atoms with Crippen LogP contribution in [0.3, 0.4) is 0 Å². The third-order valence-corrected chi connectivity index (χ3v) is 7.06. The zero-order valence-electron chi connectivity index (χ0n) is 22.4. The van der Waals surface area contributed by atoms with E-state index in [4.69, 9.17) is 18.9 Å². The summed E-state index contributed by atoms with van der Waals surface area (Å²) in [6.45, 7) is 8.23. The molecule has 0 bridgehead atoms. The van der Waals surface area contributed by atoms with E-state index in [9.17, 15) is 9.59 Å². The molecular weight excluding hydrogens is 470 g/mol. The Bertz CT molecular complexity index is 1270. The highest BCUT2D eigenvalue weighted by Gasteiger charge is 2.39. The number of Topliss-reactive ketones (excluding diaryl/α,β-unsaturated/α-hetero) is 1. The molecule has 0 fully saturated rings. The van der Waals surface area contributed by atoms with Crippen molar-refractivity contribution >= 4 is 11.8 Å². The lowest BCUT2D eigenvalue weighted by atomic mass is 9.73. The molecule has 2 aliphatic rings. The molecule has 0 saturated heterocycles. The van der Waals surface area contributed by atoms with Gasteiger partial charge in [-0.05, 0) is 74.9 Å². The van der Waals surface area contributed by atoms with Gasteiger partial charge < -0.3 is 24.3 Å². The number of carbonyl (C=O) groups excluding carboxylic acids is 2. The molecule has 1 aliphatic heterocycles. The summed E-state index contributed by atoms with van der Waals surface area (Å²) in [4.78, 5) is 26.4. The van der Waals surface area contributed by atoms with Gasteiger partial charge in [-0.1, -0.05) is 18.2 Å². The number of ether oxygens (including phenoxy) is 4.